The average Bonchev–Trinajstić information content (AvgIpc) is 1.52. The number of nitrogens with one attached hydrogen (secondary N) is 11. The number of esters is 2. The molecule has 40 nitrogen and oxygen atoms in total. The molecule has 13 atom stereocenters. The molecule has 5 aromatic rings. The number of hydrogen-bond donors (Lipinski definition) is 19. The molecule has 0 radical (unpaired) electrons. The molecular weight excluding hydrogens is 1830 g/mol. The van der Waals surface area contributed by atoms with Gasteiger partial charge in [-0.3, -0.25) is 45.3 Å². The van der Waals surface area contributed by atoms with Crippen molar-refractivity contribution < 1.29 is 112 Å². The molecular formula is C83H97Cl6FN19O21+. The molecule has 12 aliphatic rings. The van der Waals surface area contributed by atoms with Crippen molar-refractivity contribution in [2.24, 2.45) is 26.4 Å². The van der Waals surface area contributed by atoms with Crippen LogP contribution in [0.4, 0.5) is 14.3 Å². The predicted octanol–water partition coefficient (Wildman–Crippen LogP) is 0.282. The van der Waals surface area contributed by atoms with Gasteiger partial charge in [-0.25, -0.2) is 44.3 Å². The Morgan fingerprint density at radius 1 is 0.531 bits per heavy atom. The molecule has 5 amide bonds. The summed E-state index contributed by atoms with van der Waals surface area (Å²) in [5.74, 6) is -9.21. The zero-order valence-corrected chi connectivity index (χ0v) is 74.1. The lowest BCUT2D eigenvalue weighted by atomic mass is 9.85. The van der Waals surface area contributed by atoms with Crippen LogP contribution in [0.15, 0.2) is 155 Å². The third-order valence-corrected chi connectivity index (χ3v) is 24.9. The lowest BCUT2D eigenvalue weighted by Crippen LogP contribution is -2.90. The van der Waals surface area contributed by atoms with Crippen LogP contribution in [0.3, 0.4) is 0 Å². The fourth-order valence-electron chi connectivity index (χ4n) is 18.1. The number of carbonyl (C=O) groups excluding carboxylic acids is 7. The van der Waals surface area contributed by atoms with E-state index in [-0.39, 0.29) is 108 Å². The van der Waals surface area contributed by atoms with E-state index in [0.29, 0.717) is 48.2 Å². The highest BCUT2D eigenvalue weighted by Gasteiger charge is 2.78. The number of carboxylic acids is 1. The molecule has 698 valence electrons. The second-order valence-electron chi connectivity index (χ2n) is 34.3. The molecule has 21 N–H and O–H groups in total. The Labute approximate surface area is 772 Å². The Morgan fingerprint density at radius 2 is 0.938 bits per heavy atom. The van der Waals surface area contributed by atoms with Crippen molar-refractivity contribution in [2.75, 3.05) is 52.7 Å². The molecule has 12 heterocycles. The number of guanidine groups is 4. The number of rotatable bonds is 15. The number of nitrogens with two attached hydrogens (primary N) is 2. The number of aliphatic imine (C=N–C) groups is 3. The maximum Gasteiger partial charge on any atom is 0.414 e. The zero-order chi connectivity index (χ0) is 92.3. The molecule has 17 rings (SSSR count). The fourth-order valence-corrected chi connectivity index (χ4v) is 18.4. The molecule has 0 aromatic heterocycles. The van der Waals surface area contributed by atoms with Crippen molar-refractivity contribution in [2.45, 2.75) is 175 Å². The molecule has 0 saturated carbocycles. The van der Waals surface area contributed by atoms with Gasteiger partial charge >= 0.3 is 36.1 Å². The van der Waals surface area contributed by atoms with E-state index in [1.54, 1.807) is 72.8 Å². The number of fused-ring (bicyclic) bond motifs is 3. The quantitative estimate of drug-likeness (QED) is 0.0290. The third kappa shape index (κ3) is 17.3. The first-order valence-electron chi connectivity index (χ1n) is 40.0. The number of benzene rings is 5. The van der Waals surface area contributed by atoms with E-state index in [2.05, 4.69) is 86.3 Å². The number of hydrogen-bond acceptors (Lipinski definition) is 33. The van der Waals surface area contributed by atoms with Gasteiger partial charge in [0.05, 0.1) is 60.7 Å². The maximum atomic E-state index is 13.7. The first-order chi connectivity index (χ1) is 60.1. The number of carboxylic acid groups (broad SMARTS) is 1. The highest BCUT2D eigenvalue weighted by atomic mass is 35.6. The molecule has 3 unspecified atom stereocenters. The van der Waals surface area contributed by atoms with Crippen molar-refractivity contribution >= 4 is 141 Å². The molecule has 5 saturated heterocycles. The minimum Gasteiger partial charge on any atom is -0.492 e. The molecule has 0 bridgehead atoms. The zero-order valence-electron chi connectivity index (χ0n) is 69.5. The smallest absolute Gasteiger partial charge is 0.414 e. The summed E-state index contributed by atoms with van der Waals surface area (Å²) in [5.41, 5.74) is 10.4. The molecule has 47 heteroatoms. The van der Waals surface area contributed by atoms with E-state index >= 15 is 0 Å². The largest absolute Gasteiger partial charge is 0.492 e. The Balaban J connectivity index is 0.000000168. The number of halogens is 7. The fraction of sp³-hybridized carbons (Fsp3) is 0.446. The molecule has 12 aliphatic heterocycles. The average molecular weight is 1930 g/mol. The second kappa shape index (κ2) is 35.3. The van der Waals surface area contributed by atoms with Crippen LogP contribution in [0.2, 0.25) is 0 Å². The molecule has 130 heavy (non-hydrogen) atoms. The highest BCUT2D eigenvalue weighted by Crippen LogP contribution is 2.50. The number of carbonyl (C=O) groups is 8. The first kappa shape index (κ1) is 96.1. The van der Waals surface area contributed by atoms with E-state index in [1.165, 1.54) is 14.7 Å². The van der Waals surface area contributed by atoms with Gasteiger partial charge in [-0.2, -0.15) is 0 Å². The van der Waals surface area contributed by atoms with Crippen molar-refractivity contribution in [3.63, 3.8) is 0 Å². The van der Waals surface area contributed by atoms with Gasteiger partial charge in [0, 0.05) is 46.0 Å². The van der Waals surface area contributed by atoms with Crippen LogP contribution in [-0.2, 0) is 62.8 Å². The van der Waals surface area contributed by atoms with E-state index in [0.717, 1.165) is 22.3 Å². The Morgan fingerprint density at radius 3 is 1.38 bits per heavy atom. The topological polar surface area (TPSA) is 556 Å². The van der Waals surface area contributed by atoms with Crippen molar-refractivity contribution in [1.29, 1.82) is 0 Å². The summed E-state index contributed by atoms with van der Waals surface area (Å²) in [4.78, 5) is 125. The Kier molecular flexibility index (Phi) is 26.1. The summed E-state index contributed by atoms with van der Waals surface area (Å²) in [6.45, 7) is 19.1. The molecule has 5 aromatic carbocycles. The molecule has 0 aliphatic carbocycles. The molecule has 5 fully saturated rings. The maximum absolute atomic E-state index is 13.7. The SMILES string of the molecule is C.C=C1N[C@H]2[C@H](C(=O)OCc3ccccc3)N=C(NC(=O)OCC(Cl)(Cl)Cl)N3C[C@H](NC(=O)c4cccc5c4OCC5(C)C)C(O)(O)C23N1.C=C1N[C@H]2[C@H](C(=O)OCc3ccccc3)N=C(NC(=O)OCC(Cl)(Cl)Cl)N3C[C@H](NC(=O)c4cccc5c4OCC5(C)C)[C@H](O)C23N1.CC1(C)COc2c(C(=O)N[C@H]3CN4C(N)=N[C@@H](C(=O)O)[C@@H]5[NH+]=C(N)NC54C3(O)O)cccc21.F. The predicted molar refractivity (Wildman–Crippen MR) is 470 cm³/mol. The number of aliphatic carboxylic acids is 1. The van der Waals surface area contributed by atoms with Gasteiger partial charge in [0.15, 0.2) is 41.5 Å². The van der Waals surface area contributed by atoms with Crippen LogP contribution in [0, 0.1) is 0 Å². The van der Waals surface area contributed by atoms with Crippen LogP contribution in [0.1, 0.15) is 108 Å². The Bertz CT molecular complexity index is 5500. The summed E-state index contributed by atoms with van der Waals surface area (Å²) in [6, 6.07) is 22.5. The normalized spacial score (nSPS) is 27.6. The first-order valence-corrected chi connectivity index (χ1v) is 42.3. The van der Waals surface area contributed by atoms with Gasteiger partial charge in [0.1, 0.15) is 73.9 Å². The summed E-state index contributed by atoms with van der Waals surface area (Å²) >= 11 is 34.4. The summed E-state index contributed by atoms with van der Waals surface area (Å²) in [7, 11) is 0. The van der Waals surface area contributed by atoms with E-state index in [1.807, 2.05) is 84.0 Å². The van der Waals surface area contributed by atoms with E-state index < -0.39 is 158 Å². The number of alkyl carbamates (subject to hydrolysis) is 2. The van der Waals surface area contributed by atoms with Crippen molar-refractivity contribution in [1.82, 2.24) is 67.9 Å². The van der Waals surface area contributed by atoms with Crippen LogP contribution in [0.5, 0.6) is 17.2 Å². The third-order valence-electron chi connectivity index (χ3n) is 24.2. The summed E-state index contributed by atoms with van der Waals surface area (Å²) < 4.78 is 35.0. The number of ether oxygens (including phenoxy) is 7. The lowest BCUT2D eigenvalue weighted by Gasteiger charge is -2.48. The molecule has 3 spiro atoms. The number of para-hydroxylation sites is 3. The van der Waals surface area contributed by atoms with Crippen molar-refractivity contribution in [3.05, 3.63) is 185 Å². The summed E-state index contributed by atoms with van der Waals surface area (Å²) in [5, 5.41) is 96.3. The number of amides is 5. The minimum absolute atomic E-state index is 0. The lowest BCUT2D eigenvalue weighted by molar-refractivity contribution is -0.519. The number of aliphatic hydroxyl groups excluding tert-OH is 1. The number of alkyl halides is 6. The van der Waals surface area contributed by atoms with Crippen LogP contribution >= 0.6 is 69.6 Å². The monoisotopic (exact) mass is 1920 g/mol. The standard InChI is InChI=1S/C31H33Cl3N6O8.C31H33Cl3N6O7.C20H25N7O6.CH4.FH/c1-16-35-23-21(25(42)46-13-17-8-5-4-6-9-17)37-26(38-27(43)48-15-29(32,33)34)40-12-20(31(44,45)30(23,40)39-16)36-24(41)18-10-7-11-19-22(18)47-14-28(19,2)3;1-16-35-23-21(26(43)45-13-17-8-5-4-6-9-17)37-27(38-28(44)47-15-30(32,33)34)40-12-20(24(41)31(23,40)39-16)36-25(42)18-10-7-11-19-22(18)46-14-29(19,2)3;1-18(2)7-33-12-8(4-3-5-9(12)18)14(28)23-10-6-27-17(22)24-11(15(29)30)13-19(27,20(10,31)32)26-16(21)25-13;;/h4-11,20-21,23,35,39,44-45H,1,12-15H2,2-3H3,(H,36,41)(H,37,38,43);4-11,20-21,23-24,35,39,41H,1,12-15H2,2-3H3,(H,36,42)(H,37,38,44);3-5,10-11,13,31-32H,6-7H2,1-2H3,(H2,22,24)(H,23,28)(H,29,30)(H3,21,25,26);1H4;1H/p+1/t20-,21+,23-,30?;20-,21+,23-,24-,31?;10-,11+,13-,19?;;/m000../s1. The van der Waals surface area contributed by atoms with Crippen LogP contribution in [-0.4, -0.2) is 266 Å². The van der Waals surface area contributed by atoms with Gasteiger partial charge in [-0.1, -0.05) is 229 Å². The van der Waals surface area contributed by atoms with Crippen LogP contribution < -0.4 is 83.8 Å². The summed E-state index contributed by atoms with van der Waals surface area (Å²) in [6.07, 6.45) is -3.53. The number of aliphatic hydroxyl groups is 5. The van der Waals surface area contributed by atoms with Gasteiger partial charge in [-0.05, 0) is 29.3 Å². The van der Waals surface area contributed by atoms with Crippen LogP contribution in [0.25, 0.3) is 0 Å². The number of nitrogens with zero attached hydrogens (tertiary/aromatic N) is 6. The van der Waals surface area contributed by atoms with Gasteiger partial charge in [-0.15, -0.1) is 0 Å². The van der Waals surface area contributed by atoms with E-state index in [9.17, 15) is 69.0 Å². The van der Waals surface area contributed by atoms with Gasteiger partial charge in [0.25, 0.3) is 23.4 Å². The Hall–Kier alpha value is -11.5. The minimum atomic E-state index is -2.83. The van der Waals surface area contributed by atoms with Gasteiger partial charge in [0.2, 0.25) is 31.1 Å². The van der Waals surface area contributed by atoms with Crippen molar-refractivity contribution in [3.8, 4) is 17.2 Å². The highest BCUT2D eigenvalue weighted by molar-refractivity contribution is 6.68. The van der Waals surface area contributed by atoms with E-state index in [4.69, 9.17) is 114 Å². The second-order valence-corrected chi connectivity index (χ2v) is 39.3. The van der Waals surface area contributed by atoms with Gasteiger partial charge < -0.3 is 117 Å².